The van der Waals surface area contributed by atoms with Crippen LogP contribution in [0.5, 0.6) is 0 Å². The first-order valence-corrected chi connectivity index (χ1v) is 10.6. The third-order valence-electron chi connectivity index (χ3n) is 6.27. The van der Waals surface area contributed by atoms with E-state index in [0.717, 1.165) is 22.3 Å². The maximum Gasteiger partial charge on any atom is 0.412 e. The molecule has 33 heavy (non-hydrogen) atoms. The van der Waals surface area contributed by atoms with Crippen molar-refractivity contribution in [2.45, 2.75) is 12.8 Å². The normalized spacial score (nSPS) is 15.8. The lowest BCUT2D eigenvalue weighted by molar-refractivity contribution is -0.155. The van der Waals surface area contributed by atoms with Gasteiger partial charge in [0, 0.05) is 25.1 Å². The molecule has 168 valence electrons. The standard InChI is InChI=1S/C24H22N4O5/c1-24(22(30)31)12-28(13-24)21(29)19-10-20(27-26-19)25-23(32)33-11-18-16-8-4-2-6-14(16)15-7-3-5-9-17(15)18/h2-10,18H,11-13H2,1H3,(H,30,31)(H2,25,26,27,32). The number of benzene rings is 2. The van der Waals surface area contributed by atoms with Gasteiger partial charge in [-0.1, -0.05) is 48.5 Å². The average molecular weight is 446 g/mol. The van der Waals surface area contributed by atoms with E-state index in [0.29, 0.717) is 0 Å². The van der Waals surface area contributed by atoms with E-state index in [2.05, 4.69) is 27.6 Å². The Kier molecular flexibility index (Phi) is 4.88. The molecule has 9 heteroatoms. The van der Waals surface area contributed by atoms with Crippen molar-refractivity contribution in [1.29, 1.82) is 0 Å². The largest absolute Gasteiger partial charge is 0.481 e. The molecule has 1 aliphatic heterocycles. The van der Waals surface area contributed by atoms with Crippen molar-refractivity contribution in [2.75, 3.05) is 25.0 Å². The number of hydrogen-bond donors (Lipinski definition) is 3. The van der Waals surface area contributed by atoms with Crippen molar-refractivity contribution >= 4 is 23.8 Å². The molecule has 0 atom stereocenters. The SMILES string of the molecule is CC1(C(=O)O)CN(C(=O)c2cc(NC(=O)OCC3c4ccccc4-c4ccccc43)n[nH]2)C1. The van der Waals surface area contributed by atoms with Crippen LogP contribution in [0.1, 0.15) is 34.5 Å². The van der Waals surface area contributed by atoms with Crippen LogP contribution in [0.25, 0.3) is 11.1 Å². The summed E-state index contributed by atoms with van der Waals surface area (Å²) in [5.41, 5.74) is 3.74. The minimum absolute atomic E-state index is 0.0607. The van der Waals surface area contributed by atoms with E-state index < -0.39 is 17.5 Å². The van der Waals surface area contributed by atoms with Gasteiger partial charge in [-0.15, -0.1) is 0 Å². The molecule has 0 saturated carbocycles. The van der Waals surface area contributed by atoms with Gasteiger partial charge in [-0.25, -0.2) is 4.79 Å². The lowest BCUT2D eigenvalue weighted by Gasteiger charge is -2.44. The van der Waals surface area contributed by atoms with Gasteiger partial charge in [0.15, 0.2) is 5.82 Å². The van der Waals surface area contributed by atoms with E-state index in [-0.39, 0.29) is 43.0 Å². The lowest BCUT2D eigenvalue weighted by Crippen LogP contribution is -2.60. The number of likely N-dealkylation sites (tertiary alicyclic amines) is 1. The molecule has 2 aliphatic rings. The Balaban J connectivity index is 1.20. The van der Waals surface area contributed by atoms with Gasteiger partial charge in [0.2, 0.25) is 0 Å². The third kappa shape index (κ3) is 3.61. The van der Waals surface area contributed by atoms with Gasteiger partial charge in [-0.2, -0.15) is 5.10 Å². The predicted octanol–water partition coefficient (Wildman–Crippen LogP) is 3.32. The van der Waals surface area contributed by atoms with E-state index >= 15 is 0 Å². The molecule has 1 aliphatic carbocycles. The van der Waals surface area contributed by atoms with Gasteiger partial charge in [-0.05, 0) is 29.2 Å². The quantitative estimate of drug-likeness (QED) is 0.552. The number of nitrogens with zero attached hydrogens (tertiary/aromatic N) is 2. The molecule has 0 unspecified atom stereocenters. The van der Waals surface area contributed by atoms with Gasteiger partial charge < -0.3 is 14.7 Å². The summed E-state index contributed by atoms with van der Waals surface area (Å²) in [7, 11) is 0. The summed E-state index contributed by atoms with van der Waals surface area (Å²) in [4.78, 5) is 37.5. The fourth-order valence-electron chi connectivity index (χ4n) is 4.48. The van der Waals surface area contributed by atoms with Gasteiger partial charge in [0.25, 0.3) is 5.91 Å². The maximum absolute atomic E-state index is 12.5. The highest BCUT2D eigenvalue weighted by Gasteiger charge is 2.47. The van der Waals surface area contributed by atoms with Crippen LogP contribution in [-0.4, -0.2) is 57.9 Å². The number of carbonyl (C=O) groups excluding carboxylic acids is 2. The predicted molar refractivity (Wildman–Crippen MR) is 119 cm³/mol. The summed E-state index contributed by atoms with van der Waals surface area (Å²) in [6, 6.07) is 17.5. The molecular weight excluding hydrogens is 424 g/mol. The van der Waals surface area contributed by atoms with Crippen LogP contribution < -0.4 is 5.32 Å². The molecule has 2 heterocycles. The summed E-state index contributed by atoms with van der Waals surface area (Å²) >= 11 is 0. The van der Waals surface area contributed by atoms with Crippen molar-refractivity contribution in [3.63, 3.8) is 0 Å². The van der Waals surface area contributed by atoms with Gasteiger partial charge in [0.1, 0.15) is 17.7 Å². The molecule has 1 aromatic heterocycles. The topological polar surface area (TPSA) is 125 Å². The molecule has 2 aromatic carbocycles. The smallest absolute Gasteiger partial charge is 0.412 e. The fourth-order valence-corrected chi connectivity index (χ4v) is 4.48. The third-order valence-corrected chi connectivity index (χ3v) is 6.27. The monoisotopic (exact) mass is 446 g/mol. The van der Waals surface area contributed by atoms with E-state index in [1.165, 1.54) is 11.0 Å². The Hall–Kier alpha value is -4.14. The Morgan fingerprint density at radius 3 is 2.33 bits per heavy atom. The zero-order valence-corrected chi connectivity index (χ0v) is 17.9. The number of aromatic nitrogens is 2. The molecule has 0 radical (unpaired) electrons. The molecule has 1 fully saturated rings. The van der Waals surface area contributed by atoms with Gasteiger partial charge in [-0.3, -0.25) is 20.0 Å². The summed E-state index contributed by atoms with van der Waals surface area (Å²) in [6.45, 7) is 2.00. The zero-order valence-electron chi connectivity index (χ0n) is 17.9. The highest BCUT2D eigenvalue weighted by molar-refractivity contribution is 5.96. The number of anilines is 1. The molecule has 2 amide bonds. The van der Waals surface area contributed by atoms with Crippen molar-refractivity contribution in [2.24, 2.45) is 5.41 Å². The number of fused-ring (bicyclic) bond motifs is 3. The Labute approximate surface area is 189 Å². The first kappa shape index (κ1) is 20.7. The molecule has 1 saturated heterocycles. The van der Waals surface area contributed by atoms with Crippen molar-refractivity contribution in [3.8, 4) is 11.1 Å². The van der Waals surface area contributed by atoms with Crippen LogP contribution in [-0.2, 0) is 9.53 Å². The van der Waals surface area contributed by atoms with Crippen LogP contribution in [0.4, 0.5) is 10.6 Å². The number of nitrogens with one attached hydrogen (secondary N) is 2. The Morgan fingerprint density at radius 1 is 1.12 bits per heavy atom. The summed E-state index contributed by atoms with van der Waals surface area (Å²) in [6.07, 6.45) is -0.676. The average Bonchev–Trinajstić information content (AvgIpc) is 3.37. The van der Waals surface area contributed by atoms with Crippen LogP contribution in [0, 0.1) is 5.41 Å². The minimum Gasteiger partial charge on any atom is -0.481 e. The van der Waals surface area contributed by atoms with E-state index in [1.54, 1.807) is 6.92 Å². The second kappa shape index (κ2) is 7.77. The molecule has 9 nitrogen and oxygen atoms in total. The Bertz CT molecular complexity index is 1220. The van der Waals surface area contributed by atoms with Crippen molar-refractivity contribution in [3.05, 3.63) is 71.4 Å². The number of carbonyl (C=O) groups is 3. The molecule has 3 N–H and O–H groups in total. The molecule has 0 bridgehead atoms. The van der Waals surface area contributed by atoms with Crippen LogP contribution in [0.2, 0.25) is 0 Å². The van der Waals surface area contributed by atoms with E-state index in [1.807, 2.05) is 36.4 Å². The molecular formula is C24H22N4O5. The fraction of sp³-hybridized carbons (Fsp3) is 0.250. The summed E-state index contributed by atoms with van der Waals surface area (Å²) in [5, 5.41) is 18.2. The van der Waals surface area contributed by atoms with Crippen molar-refractivity contribution < 1.29 is 24.2 Å². The van der Waals surface area contributed by atoms with E-state index in [9.17, 15) is 19.5 Å². The minimum atomic E-state index is -0.936. The summed E-state index contributed by atoms with van der Waals surface area (Å²) < 4.78 is 5.48. The molecule has 5 rings (SSSR count). The second-order valence-electron chi connectivity index (χ2n) is 8.64. The van der Waals surface area contributed by atoms with Crippen molar-refractivity contribution in [1.82, 2.24) is 15.1 Å². The molecule has 3 aromatic rings. The van der Waals surface area contributed by atoms with Crippen LogP contribution in [0.3, 0.4) is 0 Å². The molecule has 0 spiro atoms. The number of carboxylic acids is 1. The lowest BCUT2D eigenvalue weighted by atomic mass is 9.82. The van der Waals surface area contributed by atoms with Crippen LogP contribution in [0.15, 0.2) is 54.6 Å². The number of rotatable bonds is 5. The second-order valence-corrected chi connectivity index (χ2v) is 8.64. The first-order valence-electron chi connectivity index (χ1n) is 10.6. The van der Waals surface area contributed by atoms with Crippen LogP contribution >= 0.6 is 0 Å². The number of hydrogen-bond acceptors (Lipinski definition) is 5. The number of H-pyrrole nitrogens is 1. The zero-order chi connectivity index (χ0) is 23.2. The highest BCUT2D eigenvalue weighted by atomic mass is 16.5. The van der Waals surface area contributed by atoms with Gasteiger partial charge in [0.05, 0.1) is 0 Å². The number of ether oxygens (including phenoxy) is 1. The maximum atomic E-state index is 12.5. The van der Waals surface area contributed by atoms with Gasteiger partial charge >= 0.3 is 12.1 Å². The number of carboxylic acid groups (broad SMARTS) is 1. The number of aliphatic carboxylic acids is 1. The summed E-state index contributed by atoms with van der Waals surface area (Å²) in [5.74, 6) is -1.22. The number of aromatic amines is 1. The highest BCUT2D eigenvalue weighted by Crippen LogP contribution is 2.44. The first-order chi connectivity index (χ1) is 15.9. The number of amides is 2. The Morgan fingerprint density at radius 2 is 1.73 bits per heavy atom. The van der Waals surface area contributed by atoms with E-state index in [4.69, 9.17) is 4.74 Å².